The van der Waals surface area contributed by atoms with Gasteiger partial charge < -0.3 is 19.6 Å². The van der Waals surface area contributed by atoms with Crippen LogP contribution in [-0.4, -0.2) is 81.1 Å². The monoisotopic (exact) mass is 492 g/mol. The molecule has 3 rings (SSSR count). The Morgan fingerprint density at radius 3 is 2.74 bits per heavy atom. The van der Waals surface area contributed by atoms with Gasteiger partial charge in [-0.05, 0) is 38.5 Å². The van der Waals surface area contributed by atoms with Crippen molar-refractivity contribution < 1.29 is 24.2 Å². The third-order valence-corrected chi connectivity index (χ3v) is 9.80. The van der Waals surface area contributed by atoms with Crippen LogP contribution in [0.4, 0.5) is 0 Å². The molecule has 0 aliphatic carbocycles. The fourth-order valence-electron chi connectivity index (χ4n) is 6.24. The largest absolute Gasteiger partial charge is 0.465 e. The third kappa shape index (κ3) is 4.43. The topological polar surface area (TPSA) is 87.1 Å². The zero-order valence-corrected chi connectivity index (χ0v) is 21.6. The highest BCUT2D eigenvalue weighted by Crippen LogP contribution is 2.68. The second kappa shape index (κ2) is 11.3. The first kappa shape index (κ1) is 26.8. The highest BCUT2D eigenvalue weighted by atomic mass is 32.2. The van der Waals surface area contributed by atoms with Crippen molar-refractivity contribution in [3.63, 3.8) is 0 Å². The summed E-state index contributed by atoms with van der Waals surface area (Å²) in [7, 11) is 0. The summed E-state index contributed by atoms with van der Waals surface area (Å²) in [6.07, 6.45) is 6.96. The Bertz CT molecular complexity index is 804. The molecule has 7 nitrogen and oxygen atoms in total. The quantitative estimate of drug-likeness (QED) is 0.242. The minimum atomic E-state index is -0.665. The Labute approximate surface area is 208 Å². The molecule has 4 unspecified atom stereocenters. The van der Waals surface area contributed by atoms with E-state index in [1.165, 1.54) is 0 Å². The Morgan fingerprint density at radius 2 is 2.12 bits per heavy atom. The second-order valence-corrected chi connectivity index (χ2v) is 11.4. The summed E-state index contributed by atoms with van der Waals surface area (Å²) in [5.74, 6) is -1.59. The highest BCUT2D eigenvalue weighted by Gasteiger charge is 2.76. The predicted octanol–water partition coefficient (Wildman–Crippen LogP) is 3.03. The maximum Gasteiger partial charge on any atom is 0.310 e. The minimum Gasteiger partial charge on any atom is -0.465 e. The standard InChI is InChI=1S/C26H40N2O5S/c1-6-9-15-33-25(32)20-19-16-17(4)26(34-19)21(20)23(30)28(13-10-14-29)22(26)24(31)27(12-8-3)18(5)11-7-2/h6,8,17-22,29H,1,3,7,9-16H2,2,4-5H3/t17?,18?,19-,20+,21+,22?,26?/m1/s1. The van der Waals surface area contributed by atoms with Crippen LogP contribution in [0.1, 0.15) is 52.9 Å². The summed E-state index contributed by atoms with van der Waals surface area (Å²) >= 11 is 1.65. The first-order valence-electron chi connectivity index (χ1n) is 12.6. The van der Waals surface area contributed by atoms with Crippen molar-refractivity contribution in [2.45, 2.75) is 75.0 Å². The van der Waals surface area contributed by atoms with E-state index in [-0.39, 0.29) is 48.2 Å². The molecule has 190 valence electrons. The number of nitrogens with zero attached hydrogens (tertiary/aromatic N) is 2. The van der Waals surface area contributed by atoms with Crippen LogP contribution in [0.25, 0.3) is 0 Å². The van der Waals surface area contributed by atoms with E-state index in [0.29, 0.717) is 25.9 Å². The number of carbonyl (C=O) groups excluding carboxylic acids is 3. The number of amides is 2. The van der Waals surface area contributed by atoms with Crippen LogP contribution in [0.15, 0.2) is 25.3 Å². The van der Waals surface area contributed by atoms with E-state index in [0.717, 1.165) is 19.3 Å². The number of ether oxygens (including phenoxy) is 1. The smallest absolute Gasteiger partial charge is 0.310 e. The molecule has 0 radical (unpaired) electrons. The molecule has 0 aromatic heterocycles. The van der Waals surface area contributed by atoms with E-state index in [4.69, 9.17) is 4.74 Å². The summed E-state index contributed by atoms with van der Waals surface area (Å²) in [4.78, 5) is 44.7. The van der Waals surface area contributed by atoms with E-state index in [2.05, 4.69) is 27.0 Å². The van der Waals surface area contributed by atoms with Crippen molar-refractivity contribution in [2.75, 3.05) is 26.3 Å². The molecule has 2 bridgehead atoms. The van der Waals surface area contributed by atoms with Crippen molar-refractivity contribution in [3.8, 4) is 0 Å². The van der Waals surface area contributed by atoms with Crippen LogP contribution >= 0.6 is 11.8 Å². The van der Waals surface area contributed by atoms with Gasteiger partial charge in [-0.25, -0.2) is 0 Å². The van der Waals surface area contributed by atoms with Gasteiger partial charge >= 0.3 is 5.97 Å². The lowest BCUT2D eigenvalue weighted by Crippen LogP contribution is -2.58. The number of hydrogen-bond acceptors (Lipinski definition) is 6. The van der Waals surface area contributed by atoms with Gasteiger partial charge in [-0.2, -0.15) is 0 Å². The molecule has 1 spiro atoms. The first-order chi connectivity index (χ1) is 16.3. The lowest BCUT2D eigenvalue weighted by molar-refractivity contribution is -0.154. The van der Waals surface area contributed by atoms with Crippen molar-refractivity contribution in [2.24, 2.45) is 17.8 Å². The Hall–Kier alpha value is -1.80. The summed E-state index contributed by atoms with van der Waals surface area (Å²) in [5.41, 5.74) is 0. The molecule has 2 amide bonds. The normalized spacial score (nSPS) is 32.4. The molecule has 3 fully saturated rings. The molecule has 8 heteroatoms. The number of hydrogen-bond donors (Lipinski definition) is 1. The van der Waals surface area contributed by atoms with Crippen LogP contribution in [0.5, 0.6) is 0 Å². The Kier molecular flexibility index (Phi) is 8.90. The number of carbonyl (C=O) groups is 3. The van der Waals surface area contributed by atoms with E-state index in [1.807, 2.05) is 11.8 Å². The van der Waals surface area contributed by atoms with Gasteiger partial charge in [-0.15, -0.1) is 24.9 Å². The van der Waals surface area contributed by atoms with Gasteiger partial charge in [0.15, 0.2) is 0 Å². The minimum absolute atomic E-state index is 0.0133. The van der Waals surface area contributed by atoms with Gasteiger partial charge in [0.1, 0.15) is 6.04 Å². The fourth-order valence-corrected chi connectivity index (χ4v) is 8.65. The summed E-state index contributed by atoms with van der Waals surface area (Å²) in [6, 6.07) is -0.647. The van der Waals surface area contributed by atoms with Gasteiger partial charge in [0.05, 0.1) is 23.2 Å². The number of rotatable bonds is 13. The Morgan fingerprint density at radius 1 is 1.38 bits per heavy atom. The van der Waals surface area contributed by atoms with Crippen molar-refractivity contribution in [1.82, 2.24) is 9.80 Å². The van der Waals surface area contributed by atoms with Crippen LogP contribution in [0.2, 0.25) is 0 Å². The molecule has 3 saturated heterocycles. The first-order valence-corrected chi connectivity index (χ1v) is 13.5. The number of likely N-dealkylation sites (tertiary alicyclic amines) is 1. The SMILES string of the molecule is C=CCCOC(=O)[C@@H]1[C@H]2C(=O)N(CCCO)C(C(=O)N(CC=C)C(C)CCC)C23S[C@@H]1CC3C. The number of aliphatic hydroxyl groups excluding tert-OH is 1. The van der Waals surface area contributed by atoms with Gasteiger partial charge in [0.2, 0.25) is 11.8 Å². The predicted molar refractivity (Wildman–Crippen MR) is 134 cm³/mol. The van der Waals surface area contributed by atoms with E-state index in [1.54, 1.807) is 28.8 Å². The zero-order valence-electron chi connectivity index (χ0n) is 20.8. The molecule has 3 heterocycles. The summed E-state index contributed by atoms with van der Waals surface area (Å²) in [5, 5.41) is 9.47. The van der Waals surface area contributed by atoms with Crippen molar-refractivity contribution in [1.29, 1.82) is 0 Å². The molecule has 0 aromatic rings. The molecular weight excluding hydrogens is 452 g/mol. The third-order valence-electron chi connectivity index (χ3n) is 7.72. The summed E-state index contributed by atoms with van der Waals surface area (Å²) in [6.45, 7) is 14.6. The highest BCUT2D eigenvalue weighted by molar-refractivity contribution is 8.02. The maximum absolute atomic E-state index is 14.2. The number of esters is 1. The van der Waals surface area contributed by atoms with Crippen LogP contribution in [0.3, 0.4) is 0 Å². The fraction of sp³-hybridized carbons (Fsp3) is 0.731. The molecule has 0 saturated carbocycles. The number of aliphatic hydroxyl groups is 1. The molecule has 0 aromatic carbocycles. The van der Waals surface area contributed by atoms with Crippen LogP contribution in [-0.2, 0) is 19.1 Å². The molecule has 34 heavy (non-hydrogen) atoms. The number of thioether (sulfide) groups is 1. The molecule has 1 N–H and O–H groups in total. The molecule has 7 atom stereocenters. The van der Waals surface area contributed by atoms with Crippen LogP contribution in [0, 0.1) is 17.8 Å². The Balaban J connectivity index is 2.01. The van der Waals surface area contributed by atoms with Gasteiger partial charge in [0, 0.05) is 31.0 Å². The lowest BCUT2D eigenvalue weighted by atomic mass is 9.66. The molecule has 3 aliphatic heterocycles. The maximum atomic E-state index is 14.2. The van der Waals surface area contributed by atoms with Crippen LogP contribution < -0.4 is 0 Å². The van der Waals surface area contributed by atoms with E-state index < -0.39 is 22.6 Å². The molecular formula is C26H40N2O5S. The zero-order chi connectivity index (χ0) is 25.0. The summed E-state index contributed by atoms with van der Waals surface area (Å²) < 4.78 is 4.87. The number of fused-ring (bicyclic) bond motifs is 1. The van der Waals surface area contributed by atoms with Gasteiger partial charge in [-0.1, -0.05) is 32.4 Å². The van der Waals surface area contributed by atoms with Gasteiger partial charge in [-0.3, -0.25) is 14.4 Å². The average molecular weight is 493 g/mol. The molecule has 3 aliphatic rings. The lowest BCUT2D eigenvalue weighted by Gasteiger charge is -2.41. The van der Waals surface area contributed by atoms with Gasteiger partial charge in [0.25, 0.3) is 0 Å². The van der Waals surface area contributed by atoms with Crippen molar-refractivity contribution >= 4 is 29.5 Å². The average Bonchev–Trinajstić information content (AvgIpc) is 3.39. The van der Waals surface area contributed by atoms with E-state index >= 15 is 0 Å². The van der Waals surface area contributed by atoms with Crippen molar-refractivity contribution in [3.05, 3.63) is 25.3 Å². The second-order valence-electron chi connectivity index (χ2n) is 9.82. The van der Waals surface area contributed by atoms with E-state index in [9.17, 15) is 19.5 Å².